The molecule has 0 saturated heterocycles. The van der Waals surface area contributed by atoms with Crippen LogP contribution in [0.4, 0.5) is 5.69 Å². The Balaban J connectivity index is 2.34. The van der Waals surface area contributed by atoms with E-state index in [2.05, 4.69) is 22.6 Å². The summed E-state index contributed by atoms with van der Waals surface area (Å²) in [4.78, 5) is 14.0. The van der Waals surface area contributed by atoms with Crippen molar-refractivity contribution in [1.82, 2.24) is 0 Å². The number of carbonyl (C=O) groups excluding carboxylic acids is 1. The van der Waals surface area contributed by atoms with E-state index in [0.717, 1.165) is 9.26 Å². The number of nitrogens with zero attached hydrogens (tertiary/aromatic N) is 1. The van der Waals surface area contributed by atoms with E-state index in [-0.39, 0.29) is 5.91 Å². The van der Waals surface area contributed by atoms with Crippen LogP contribution < -0.4 is 4.90 Å². The number of anilines is 1. The lowest BCUT2D eigenvalue weighted by Gasteiger charge is -2.18. The van der Waals surface area contributed by atoms with Gasteiger partial charge in [0, 0.05) is 21.3 Å². The molecule has 0 spiro atoms. The Morgan fingerprint density at radius 3 is 2.50 bits per heavy atom. The fraction of sp³-hybridized carbons (Fsp3) is 0.0714. The molecule has 0 heterocycles. The summed E-state index contributed by atoms with van der Waals surface area (Å²) in [5.41, 5.74) is 1.48. The Bertz CT molecular complexity index is 571. The Hall–Kier alpha value is -1.07. The molecule has 0 N–H and O–H groups in total. The van der Waals surface area contributed by atoms with Crippen molar-refractivity contribution in [2.45, 2.75) is 0 Å². The summed E-state index contributed by atoms with van der Waals surface area (Å²) in [5, 5.41) is 0.570. The van der Waals surface area contributed by atoms with Crippen LogP contribution in [0.25, 0.3) is 0 Å². The molecule has 18 heavy (non-hydrogen) atoms. The van der Waals surface area contributed by atoms with E-state index in [1.807, 2.05) is 36.4 Å². The van der Waals surface area contributed by atoms with E-state index < -0.39 is 0 Å². The molecule has 0 fully saturated rings. The van der Waals surface area contributed by atoms with Crippen LogP contribution in [-0.2, 0) is 0 Å². The van der Waals surface area contributed by atoms with Crippen molar-refractivity contribution in [2.75, 3.05) is 11.9 Å². The summed E-state index contributed by atoms with van der Waals surface area (Å²) in [6, 6.07) is 14.8. The minimum Gasteiger partial charge on any atom is -0.311 e. The lowest BCUT2D eigenvalue weighted by Crippen LogP contribution is -2.26. The topological polar surface area (TPSA) is 20.3 Å². The van der Waals surface area contributed by atoms with Crippen LogP contribution in [0.2, 0.25) is 5.02 Å². The predicted molar refractivity (Wildman–Crippen MR) is 83.3 cm³/mol. The van der Waals surface area contributed by atoms with Gasteiger partial charge in [-0.1, -0.05) is 29.8 Å². The minimum atomic E-state index is -0.0619. The maximum absolute atomic E-state index is 12.4. The lowest BCUT2D eigenvalue weighted by atomic mass is 10.2. The average molecular weight is 372 g/mol. The minimum absolute atomic E-state index is 0.0619. The van der Waals surface area contributed by atoms with Crippen molar-refractivity contribution in [1.29, 1.82) is 0 Å². The van der Waals surface area contributed by atoms with Crippen molar-refractivity contribution >= 4 is 45.8 Å². The molecule has 1 amide bonds. The van der Waals surface area contributed by atoms with Gasteiger partial charge in [0.05, 0.1) is 5.56 Å². The third-order valence-corrected chi connectivity index (χ3v) is 3.78. The molecule has 0 aliphatic heterocycles. The largest absolute Gasteiger partial charge is 0.311 e. The maximum atomic E-state index is 12.4. The zero-order valence-corrected chi connectivity index (χ0v) is 12.6. The Morgan fingerprint density at radius 2 is 1.83 bits per heavy atom. The summed E-state index contributed by atoms with van der Waals surface area (Å²) < 4.78 is 0.893. The quantitative estimate of drug-likeness (QED) is 0.724. The summed E-state index contributed by atoms with van der Waals surface area (Å²) in [5.74, 6) is -0.0619. The number of benzene rings is 2. The van der Waals surface area contributed by atoms with Gasteiger partial charge in [0.25, 0.3) is 5.91 Å². The molecule has 0 aliphatic rings. The van der Waals surface area contributed by atoms with Crippen molar-refractivity contribution in [3.05, 3.63) is 62.7 Å². The van der Waals surface area contributed by atoms with Crippen molar-refractivity contribution in [3.8, 4) is 0 Å². The lowest BCUT2D eigenvalue weighted by molar-refractivity contribution is 0.0992. The van der Waals surface area contributed by atoms with Crippen LogP contribution in [0, 0.1) is 3.57 Å². The molecular formula is C14H11ClINO. The fourth-order valence-electron chi connectivity index (χ4n) is 1.61. The Labute approximate surface area is 125 Å². The summed E-state index contributed by atoms with van der Waals surface area (Å²) in [6.07, 6.45) is 0. The molecule has 0 aromatic heterocycles. The zero-order valence-electron chi connectivity index (χ0n) is 9.73. The summed E-state index contributed by atoms with van der Waals surface area (Å²) in [6.45, 7) is 0. The van der Waals surface area contributed by atoms with E-state index in [9.17, 15) is 4.79 Å². The number of hydrogen-bond donors (Lipinski definition) is 0. The van der Waals surface area contributed by atoms with E-state index in [0.29, 0.717) is 10.6 Å². The van der Waals surface area contributed by atoms with Crippen LogP contribution in [0.3, 0.4) is 0 Å². The van der Waals surface area contributed by atoms with Crippen LogP contribution in [-0.4, -0.2) is 13.0 Å². The van der Waals surface area contributed by atoms with Gasteiger partial charge in [0.1, 0.15) is 0 Å². The number of carbonyl (C=O) groups is 1. The molecule has 2 nitrogen and oxygen atoms in total. The second-order valence-corrected chi connectivity index (χ2v) is 5.42. The molecule has 2 aromatic carbocycles. The van der Waals surface area contributed by atoms with Gasteiger partial charge in [0.2, 0.25) is 0 Å². The zero-order chi connectivity index (χ0) is 13.1. The first-order valence-corrected chi connectivity index (χ1v) is 6.83. The van der Waals surface area contributed by atoms with E-state index in [4.69, 9.17) is 11.6 Å². The van der Waals surface area contributed by atoms with Crippen LogP contribution in [0.15, 0.2) is 48.5 Å². The van der Waals surface area contributed by atoms with Crippen LogP contribution >= 0.6 is 34.2 Å². The number of amides is 1. The highest BCUT2D eigenvalue weighted by Crippen LogP contribution is 2.21. The SMILES string of the molecule is CN(C(=O)c1cc(Cl)ccc1I)c1ccccc1. The molecule has 0 unspecified atom stereocenters. The van der Waals surface area contributed by atoms with E-state index in [1.165, 1.54) is 0 Å². The summed E-state index contributed by atoms with van der Waals surface area (Å²) in [7, 11) is 1.76. The third-order valence-electron chi connectivity index (χ3n) is 2.61. The molecule has 0 radical (unpaired) electrons. The first-order chi connectivity index (χ1) is 8.59. The highest BCUT2D eigenvalue weighted by atomic mass is 127. The standard InChI is InChI=1S/C14H11ClINO/c1-17(11-5-3-2-4-6-11)14(18)12-9-10(15)7-8-13(12)16/h2-9H,1H3. The average Bonchev–Trinajstić information content (AvgIpc) is 2.41. The van der Waals surface area contributed by atoms with Crippen LogP contribution in [0.5, 0.6) is 0 Å². The van der Waals surface area contributed by atoms with Gasteiger partial charge in [-0.15, -0.1) is 0 Å². The van der Waals surface area contributed by atoms with Gasteiger partial charge >= 0.3 is 0 Å². The molecule has 0 aliphatic carbocycles. The molecule has 2 rings (SSSR count). The number of para-hydroxylation sites is 1. The highest BCUT2D eigenvalue weighted by molar-refractivity contribution is 14.1. The predicted octanol–water partition coefficient (Wildman–Crippen LogP) is 4.22. The molecule has 0 atom stereocenters. The second kappa shape index (κ2) is 5.71. The molecule has 92 valence electrons. The first kappa shape index (κ1) is 13.4. The fourth-order valence-corrected chi connectivity index (χ4v) is 2.35. The van der Waals surface area contributed by atoms with Gasteiger partial charge in [-0.05, 0) is 52.9 Å². The van der Waals surface area contributed by atoms with Crippen molar-refractivity contribution in [2.24, 2.45) is 0 Å². The van der Waals surface area contributed by atoms with Gasteiger partial charge < -0.3 is 4.90 Å². The molecular weight excluding hydrogens is 361 g/mol. The van der Waals surface area contributed by atoms with Gasteiger partial charge in [0.15, 0.2) is 0 Å². The Kier molecular flexibility index (Phi) is 4.24. The van der Waals surface area contributed by atoms with E-state index in [1.54, 1.807) is 24.1 Å². The summed E-state index contributed by atoms with van der Waals surface area (Å²) >= 11 is 8.08. The molecule has 0 saturated carbocycles. The van der Waals surface area contributed by atoms with Gasteiger partial charge in [-0.2, -0.15) is 0 Å². The number of halogens is 2. The molecule has 2 aromatic rings. The smallest absolute Gasteiger partial charge is 0.259 e. The third kappa shape index (κ3) is 2.84. The van der Waals surface area contributed by atoms with E-state index >= 15 is 0 Å². The second-order valence-electron chi connectivity index (χ2n) is 3.82. The van der Waals surface area contributed by atoms with Gasteiger partial charge in [-0.25, -0.2) is 0 Å². The molecule has 0 bridgehead atoms. The molecule has 4 heteroatoms. The number of hydrogen-bond acceptors (Lipinski definition) is 1. The monoisotopic (exact) mass is 371 g/mol. The number of rotatable bonds is 2. The van der Waals surface area contributed by atoms with Gasteiger partial charge in [-0.3, -0.25) is 4.79 Å². The first-order valence-electron chi connectivity index (χ1n) is 5.38. The Morgan fingerprint density at radius 1 is 1.17 bits per heavy atom. The van der Waals surface area contributed by atoms with Crippen LogP contribution in [0.1, 0.15) is 10.4 Å². The normalized spacial score (nSPS) is 10.2. The highest BCUT2D eigenvalue weighted by Gasteiger charge is 2.16. The van der Waals surface area contributed by atoms with Crippen molar-refractivity contribution in [3.63, 3.8) is 0 Å². The maximum Gasteiger partial charge on any atom is 0.259 e. The van der Waals surface area contributed by atoms with Crippen molar-refractivity contribution < 1.29 is 4.79 Å².